The molecule has 0 aromatic heterocycles. The Morgan fingerprint density at radius 3 is 2.35 bits per heavy atom. The van der Waals surface area contributed by atoms with Gasteiger partial charge in [0.05, 0.1) is 11.3 Å². The lowest BCUT2D eigenvalue weighted by molar-refractivity contribution is -0.136. The zero-order valence-corrected chi connectivity index (χ0v) is 10.3. The van der Waals surface area contributed by atoms with Crippen LogP contribution in [0.15, 0.2) is 29.2 Å². The number of carboxylic acids is 1. The molecule has 0 saturated carbocycles. The summed E-state index contributed by atoms with van der Waals surface area (Å²) in [5.74, 6) is -0.843. The lowest BCUT2D eigenvalue weighted by Crippen LogP contribution is -2.17. The molecule has 0 aliphatic rings. The average Bonchev–Trinajstić information content (AvgIpc) is 2.23. The van der Waals surface area contributed by atoms with Crippen LogP contribution in [0.4, 0.5) is 0 Å². The standard InChI is InChI=1S/C11H15NO4S/c1-17(15,16)10-4-2-9(3-5-10)8-12-7-6-11(13)14/h2-5,12H,6-8H2,1H3,(H,13,14). The summed E-state index contributed by atoms with van der Waals surface area (Å²) in [6.45, 7) is 0.917. The Morgan fingerprint density at radius 1 is 1.29 bits per heavy atom. The number of carbonyl (C=O) groups is 1. The van der Waals surface area contributed by atoms with Crippen LogP contribution >= 0.6 is 0 Å². The van der Waals surface area contributed by atoms with Crippen molar-refractivity contribution in [3.63, 3.8) is 0 Å². The molecule has 5 nitrogen and oxygen atoms in total. The van der Waals surface area contributed by atoms with Crippen LogP contribution < -0.4 is 5.32 Å². The van der Waals surface area contributed by atoms with Gasteiger partial charge >= 0.3 is 5.97 Å². The lowest BCUT2D eigenvalue weighted by Gasteiger charge is -2.04. The Labute approximate surface area is 100 Å². The molecule has 0 aliphatic heterocycles. The number of benzene rings is 1. The number of aliphatic carboxylic acids is 1. The summed E-state index contributed by atoms with van der Waals surface area (Å²) >= 11 is 0. The topological polar surface area (TPSA) is 83.5 Å². The molecule has 0 unspecified atom stereocenters. The number of nitrogens with one attached hydrogen (secondary N) is 1. The third-order valence-corrected chi connectivity index (χ3v) is 3.32. The maximum absolute atomic E-state index is 11.2. The molecule has 6 heteroatoms. The van der Waals surface area contributed by atoms with Crippen molar-refractivity contribution in [3.8, 4) is 0 Å². The zero-order valence-electron chi connectivity index (χ0n) is 9.51. The number of hydrogen-bond donors (Lipinski definition) is 2. The molecule has 0 saturated heterocycles. The largest absolute Gasteiger partial charge is 0.481 e. The second-order valence-corrected chi connectivity index (χ2v) is 5.75. The molecule has 17 heavy (non-hydrogen) atoms. The maximum atomic E-state index is 11.2. The van der Waals surface area contributed by atoms with Crippen molar-refractivity contribution < 1.29 is 18.3 Å². The van der Waals surface area contributed by atoms with Gasteiger partial charge < -0.3 is 10.4 Å². The van der Waals surface area contributed by atoms with E-state index < -0.39 is 15.8 Å². The summed E-state index contributed by atoms with van der Waals surface area (Å²) in [6.07, 6.45) is 1.23. The van der Waals surface area contributed by atoms with Crippen LogP contribution in [-0.4, -0.2) is 32.3 Å². The van der Waals surface area contributed by atoms with Gasteiger partial charge in [0.15, 0.2) is 9.84 Å². The number of rotatable bonds is 6. The van der Waals surface area contributed by atoms with E-state index >= 15 is 0 Å². The van der Waals surface area contributed by atoms with Gasteiger partial charge in [0.25, 0.3) is 0 Å². The first-order valence-corrected chi connectivity index (χ1v) is 7.00. The Bertz CT molecular complexity index is 479. The highest BCUT2D eigenvalue weighted by Gasteiger charge is 2.05. The molecule has 0 radical (unpaired) electrons. The Hall–Kier alpha value is -1.40. The summed E-state index contributed by atoms with van der Waals surface area (Å²) in [7, 11) is -3.15. The highest BCUT2D eigenvalue weighted by atomic mass is 32.2. The van der Waals surface area contributed by atoms with Gasteiger partial charge in [0.2, 0.25) is 0 Å². The summed E-state index contributed by atoms with van der Waals surface area (Å²) in [5, 5.41) is 11.4. The molecule has 94 valence electrons. The van der Waals surface area contributed by atoms with Crippen molar-refractivity contribution in [2.24, 2.45) is 0 Å². The van der Waals surface area contributed by atoms with E-state index in [0.29, 0.717) is 13.1 Å². The van der Waals surface area contributed by atoms with E-state index in [1.807, 2.05) is 0 Å². The summed E-state index contributed by atoms with van der Waals surface area (Å²) in [5.41, 5.74) is 0.919. The molecule has 0 amide bonds. The molecule has 2 N–H and O–H groups in total. The van der Waals surface area contributed by atoms with Gasteiger partial charge in [0, 0.05) is 19.3 Å². The number of hydrogen-bond acceptors (Lipinski definition) is 4. The minimum atomic E-state index is -3.15. The van der Waals surface area contributed by atoms with Crippen LogP contribution in [0.2, 0.25) is 0 Å². The summed E-state index contributed by atoms with van der Waals surface area (Å²) < 4.78 is 22.4. The van der Waals surface area contributed by atoms with E-state index in [1.165, 1.54) is 0 Å². The first kappa shape index (κ1) is 13.7. The van der Waals surface area contributed by atoms with E-state index in [9.17, 15) is 13.2 Å². The van der Waals surface area contributed by atoms with Crippen molar-refractivity contribution in [2.45, 2.75) is 17.9 Å². The van der Waals surface area contributed by atoms with Crippen molar-refractivity contribution in [2.75, 3.05) is 12.8 Å². The van der Waals surface area contributed by atoms with Crippen molar-refractivity contribution in [1.29, 1.82) is 0 Å². The minimum absolute atomic E-state index is 0.0709. The van der Waals surface area contributed by atoms with E-state index in [1.54, 1.807) is 24.3 Å². The summed E-state index contributed by atoms with van der Waals surface area (Å²) in [6, 6.07) is 6.52. The number of sulfone groups is 1. The van der Waals surface area contributed by atoms with Gasteiger partial charge in [-0.3, -0.25) is 4.79 Å². The molecule has 1 aromatic carbocycles. The molecule has 0 bridgehead atoms. The summed E-state index contributed by atoms with van der Waals surface area (Å²) in [4.78, 5) is 10.5. The molecule has 0 aliphatic carbocycles. The average molecular weight is 257 g/mol. The molecule has 0 spiro atoms. The second kappa shape index (κ2) is 5.79. The molecule has 0 atom stereocenters. The third-order valence-electron chi connectivity index (χ3n) is 2.20. The van der Waals surface area contributed by atoms with Crippen LogP contribution in [-0.2, 0) is 21.2 Å². The SMILES string of the molecule is CS(=O)(=O)c1ccc(CNCCC(=O)O)cc1. The Kier molecular flexibility index (Phi) is 4.65. The first-order valence-electron chi connectivity index (χ1n) is 5.11. The molecular formula is C11H15NO4S. The Balaban J connectivity index is 2.49. The van der Waals surface area contributed by atoms with Gasteiger partial charge in [-0.1, -0.05) is 12.1 Å². The fourth-order valence-corrected chi connectivity index (χ4v) is 1.91. The van der Waals surface area contributed by atoms with Gasteiger partial charge in [0.1, 0.15) is 0 Å². The normalized spacial score (nSPS) is 11.4. The van der Waals surface area contributed by atoms with Crippen LogP contribution in [0.25, 0.3) is 0 Å². The fraction of sp³-hybridized carbons (Fsp3) is 0.364. The zero-order chi connectivity index (χ0) is 12.9. The highest BCUT2D eigenvalue weighted by Crippen LogP contribution is 2.09. The third kappa shape index (κ3) is 4.97. The van der Waals surface area contributed by atoms with Gasteiger partial charge in [-0.25, -0.2) is 8.42 Å². The van der Waals surface area contributed by atoms with Gasteiger partial charge in [-0.05, 0) is 17.7 Å². The quantitative estimate of drug-likeness (QED) is 0.731. The van der Waals surface area contributed by atoms with Gasteiger partial charge in [-0.15, -0.1) is 0 Å². The van der Waals surface area contributed by atoms with E-state index in [0.717, 1.165) is 11.8 Å². The van der Waals surface area contributed by atoms with Crippen LogP contribution in [0.3, 0.4) is 0 Å². The van der Waals surface area contributed by atoms with Crippen molar-refractivity contribution in [3.05, 3.63) is 29.8 Å². The second-order valence-electron chi connectivity index (χ2n) is 3.74. The van der Waals surface area contributed by atoms with Crippen molar-refractivity contribution in [1.82, 2.24) is 5.32 Å². The van der Waals surface area contributed by atoms with Crippen LogP contribution in [0.5, 0.6) is 0 Å². The monoisotopic (exact) mass is 257 g/mol. The molecular weight excluding hydrogens is 242 g/mol. The Morgan fingerprint density at radius 2 is 1.88 bits per heavy atom. The van der Waals surface area contributed by atoms with Crippen LogP contribution in [0, 0.1) is 0 Å². The smallest absolute Gasteiger partial charge is 0.304 e. The first-order chi connectivity index (χ1) is 7.89. The van der Waals surface area contributed by atoms with Crippen molar-refractivity contribution >= 4 is 15.8 Å². The van der Waals surface area contributed by atoms with E-state index in [2.05, 4.69) is 5.32 Å². The predicted molar refractivity (Wildman–Crippen MR) is 63.5 cm³/mol. The number of carboxylic acid groups (broad SMARTS) is 1. The molecule has 0 heterocycles. The molecule has 1 aromatic rings. The maximum Gasteiger partial charge on any atom is 0.304 e. The lowest BCUT2D eigenvalue weighted by atomic mass is 10.2. The molecule has 1 rings (SSSR count). The fourth-order valence-electron chi connectivity index (χ4n) is 1.28. The highest BCUT2D eigenvalue weighted by molar-refractivity contribution is 7.90. The van der Waals surface area contributed by atoms with E-state index in [-0.39, 0.29) is 11.3 Å². The minimum Gasteiger partial charge on any atom is -0.481 e. The van der Waals surface area contributed by atoms with Crippen LogP contribution in [0.1, 0.15) is 12.0 Å². The predicted octanol–water partition coefficient (Wildman–Crippen LogP) is 0.654. The molecule has 0 fully saturated rings. The van der Waals surface area contributed by atoms with E-state index in [4.69, 9.17) is 5.11 Å². The van der Waals surface area contributed by atoms with Gasteiger partial charge in [-0.2, -0.15) is 0 Å².